The number of aromatic nitrogens is 2. The molecule has 5 nitrogen and oxygen atoms in total. The van der Waals surface area contributed by atoms with Crippen LogP contribution in [-0.4, -0.2) is 35.7 Å². The fourth-order valence-electron chi connectivity index (χ4n) is 2.06. The number of anilines is 1. The molecule has 1 aliphatic heterocycles. The smallest absolute Gasteiger partial charge is 0.132 e. The van der Waals surface area contributed by atoms with Gasteiger partial charge in [0.05, 0.1) is 12.3 Å². The number of hydrogen-bond donors (Lipinski definition) is 1. The fourth-order valence-corrected chi connectivity index (χ4v) is 2.06. The van der Waals surface area contributed by atoms with Crippen LogP contribution < -0.4 is 10.6 Å². The summed E-state index contributed by atoms with van der Waals surface area (Å²) in [5.74, 6) is 0.963. The van der Waals surface area contributed by atoms with Gasteiger partial charge in [-0.1, -0.05) is 0 Å². The molecule has 2 rings (SSSR count). The Morgan fingerprint density at radius 3 is 3.18 bits per heavy atom. The molecule has 0 saturated carbocycles. The van der Waals surface area contributed by atoms with Crippen LogP contribution in [0.5, 0.6) is 0 Å². The molecule has 0 bridgehead atoms. The quantitative estimate of drug-likeness (QED) is 0.843. The molecule has 1 saturated heterocycles. The van der Waals surface area contributed by atoms with Gasteiger partial charge in [-0.15, -0.1) is 0 Å². The molecule has 1 fully saturated rings. The third-order valence-electron chi connectivity index (χ3n) is 2.95. The molecule has 2 heterocycles. The van der Waals surface area contributed by atoms with E-state index < -0.39 is 0 Å². The second-order valence-electron chi connectivity index (χ2n) is 4.35. The Kier molecular flexibility index (Phi) is 4.28. The molecule has 0 aliphatic carbocycles. The van der Waals surface area contributed by atoms with Crippen molar-refractivity contribution in [1.29, 1.82) is 0 Å². The minimum absolute atomic E-state index is 0.258. The zero-order chi connectivity index (χ0) is 12.1. The van der Waals surface area contributed by atoms with Crippen LogP contribution in [0.2, 0.25) is 0 Å². The van der Waals surface area contributed by atoms with Crippen molar-refractivity contribution in [1.82, 2.24) is 9.97 Å². The summed E-state index contributed by atoms with van der Waals surface area (Å²) in [7, 11) is 0. The van der Waals surface area contributed by atoms with E-state index in [0.29, 0.717) is 13.2 Å². The largest absolute Gasteiger partial charge is 0.375 e. The van der Waals surface area contributed by atoms with Gasteiger partial charge in [-0.25, -0.2) is 9.97 Å². The van der Waals surface area contributed by atoms with Crippen molar-refractivity contribution in [3.05, 3.63) is 18.1 Å². The van der Waals surface area contributed by atoms with Gasteiger partial charge in [0.15, 0.2) is 0 Å². The van der Waals surface area contributed by atoms with E-state index in [1.54, 1.807) is 6.33 Å². The Balaban J connectivity index is 2.04. The third-order valence-corrected chi connectivity index (χ3v) is 2.95. The van der Waals surface area contributed by atoms with Gasteiger partial charge in [-0.3, -0.25) is 0 Å². The van der Waals surface area contributed by atoms with Crippen molar-refractivity contribution in [2.24, 2.45) is 5.73 Å². The highest BCUT2D eigenvalue weighted by Crippen LogP contribution is 2.17. The van der Waals surface area contributed by atoms with Crippen LogP contribution >= 0.6 is 0 Å². The lowest BCUT2D eigenvalue weighted by Crippen LogP contribution is -2.43. The summed E-state index contributed by atoms with van der Waals surface area (Å²) in [6, 6.07) is 2.25. The summed E-state index contributed by atoms with van der Waals surface area (Å²) in [5, 5.41) is 0. The Labute approximate surface area is 102 Å². The fraction of sp³-hybridized carbons (Fsp3) is 0.667. The molecular weight excluding hydrogens is 216 g/mol. The summed E-state index contributed by atoms with van der Waals surface area (Å²) in [6.45, 7) is 5.13. The van der Waals surface area contributed by atoms with E-state index in [0.717, 1.165) is 37.4 Å². The van der Waals surface area contributed by atoms with Crippen LogP contribution in [0.15, 0.2) is 12.4 Å². The van der Waals surface area contributed by atoms with E-state index in [9.17, 15) is 0 Å². The maximum absolute atomic E-state index is 5.97. The van der Waals surface area contributed by atoms with Crippen LogP contribution in [0.25, 0.3) is 0 Å². The minimum atomic E-state index is 0.258. The first-order chi connectivity index (χ1) is 8.29. The second kappa shape index (κ2) is 5.93. The van der Waals surface area contributed by atoms with Crippen molar-refractivity contribution in [2.45, 2.75) is 32.4 Å². The predicted octanol–water partition coefficient (Wildman–Crippen LogP) is 0.941. The molecule has 0 amide bonds. The van der Waals surface area contributed by atoms with Crippen molar-refractivity contribution in [2.75, 3.05) is 24.6 Å². The predicted molar refractivity (Wildman–Crippen MR) is 66.8 cm³/mol. The standard InChI is InChI=1S/C12H20N4O/c1-2-17-8-11-6-12(15-9-14-11)16-5-3-4-10(13)7-16/h6,9-10H,2-5,7-8,13H2,1H3. The lowest BCUT2D eigenvalue weighted by molar-refractivity contribution is 0.131. The van der Waals surface area contributed by atoms with Gasteiger partial charge in [-0.2, -0.15) is 0 Å². The van der Waals surface area contributed by atoms with Crippen LogP contribution in [0.1, 0.15) is 25.5 Å². The highest BCUT2D eigenvalue weighted by molar-refractivity contribution is 5.39. The molecular formula is C12H20N4O. The average molecular weight is 236 g/mol. The van der Waals surface area contributed by atoms with Gasteiger partial charge in [0.2, 0.25) is 0 Å². The average Bonchev–Trinajstić information content (AvgIpc) is 2.37. The molecule has 1 atom stereocenters. The van der Waals surface area contributed by atoms with E-state index in [1.165, 1.54) is 0 Å². The van der Waals surface area contributed by atoms with Gasteiger partial charge in [0.25, 0.3) is 0 Å². The van der Waals surface area contributed by atoms with Crippen LogP contribution in [0, 0.1) is 0 Å². The highest BCUT2D eigenvalue weighted by Gasteiger charge is 2.18. The molecule has 1 unspecified atom stereocenters. The maximum Gasteiger partial charge on any atom is 0.132 e. The molecule has 2 N–H and O–H groups in total. The number of nitrogens with zero attached hydrogens (tertiary/aromatic N) is 3. The molecule has 0 radical (unpaired) electrons. The molecule has 1 aliphatic rings. The monoisotopic (exact) mass is 236 g/mol. The van der Waals surface area contributed by atoms with E-state index in [2.05, 4.69) is 14.9 Å². The van der Waals surface area contributed by atoms with Gasteiger partial charge >= 0.3 is 0 Å². The van der Waals surface area contributed by atoms with E-state index >= 15 is 0 Å². The lowest BCUT2D eigenvalue weighted by Gasteiger charge is -2.31. The SMILES string of the molecule is CCOCc1cc(N2CCCC(N)C2)ncn1. The molecule has 5 heteroatoms. The lowest BCUT2D eigenvalue weighted by atomic mass is 10.1. The Morgan fingerprint density at radius 1 is 1.53 bits per heavy atom. The van der Waals surface area contributed by atoms with Crippen molar-refractivity contribution < 1.29 is 4.74 Å². The normalized spacial score (nSPS) is 20.6. The summed E-state index contributed by atoms with van der Waals surface area (Å²) in [5.41, 5.74) is 6.90. The third kappa shape index (κ3) is 3.38. The first-order valence-electron chi connectivity index (χ1n) is 6.18. The van der Waals surface area contributed by atoms with Gasteiger partial charge in [0, 0.05) is 31.8 Å². The van der Waals surface area contributed by atoms with E-state index in [-0.39, 0.29) is 6.04 Å². The van der Waals surface area contributed by atoms with Crippen molar-refractivity contribution in [3.8, 4) is 0 Å². The Morgan fingerprint density at radius 2 is 2.41 bits per heavy atom. The summed E-state index contributed by atoms with van der Waals surface area (Å²) < 4.78 is 5.35. The molecule has 94 valence electrons. The minimum Gasteiger partial charge on any atom is -0.375 e. The highest BCUT2D eigenvalue weighted by atomic mass is 16.5. The first kappa shape index (κ1) is 12.3. The summed E-state index contributed by atoms with van der Waals surface area (Å²) in [6.07, 6.45) is 3.84. The number of rotatable bonds is 4. The van der Waals surface area contributed by atoms with E-state index in [1.807, 2.05) is 13.0 Å². The van der Waals surface area contributed by atoms with Gasteiger partial charge < -0.3 is 15.4 Å². The topological polar surface area (TPSA) is 64.3 Å². The number of piperidine rings is 1. The second-order valence-corrected chi connectivity index (χ2v) is 4.35. The molecule has 17 heavy (non-hydrogen) atoms. The molecule has 0 aromatic carbocycles. The molecule has 1 aromatic heterocycles. The number of hydrogen-bond acceptors (Lipinski definition) is 5. The zero-order valence-electron chi connectivity index (χ0n) is 10.3. The molecule has 0 spiro atoms. The number of ether oxygens (including phenoxy) is 1. The maximum atomic E-state index is 5.97. The summed E-state index contributed by atoms with van der Waals surface area (Å²) in [4.78, 5) is 10.7. The summed E-state index contributed by atoms with van der Waals surface area (Å²) >= 11 is 0. The zero-order valence-corrected chi connectivity index (χ0v) is 10.3. The first-order valence-corrected chi connectivity index (χ1v) is 6.18. The molecule has 1 aromatic rings. The van der Waals surface area contributed by atoms with Crippen molar-refractivity contribution >= 4 is 5.82 Å². The van der Waals surface area contributed by atoms with Gasteiger partial charge in [-0.05, 0) is 19.8 Å². The van der Waals surface area contributed by atoms with Crippen LogP contribution in [-0.2, 0) is 11.3 Å². The van der Waals surface area contributed by atoms with Crippen LogP contribution in [0.4, 0.5) is 5.82 Å². The Hall–Kier alpha value is -1.20. The Bertz CT molecular complexity index is 358. The van der Waals surface area contributed by atoms with Crippen LogP contribution in [0.3, 0.4) is 0 Å². The van der Waals surface area contributed by atoms with Gasteiger partial charge in [0.1, 0.15) is 12.1 Å². The van der Waals surface area contributed by atoms with Crippen molar-refractivity contribution in [3.63, 3.8) is 0 Å². The van der Waals surface area contributed by atoms with E-state index in [4.69, 9.17) is 10.5 Å². The number of nitrogens with two attached hydrogens (primary N) is 1.